The van der Waals surface area contributed by atoms with Crippen molar-refractivity contribution in [1.29, 1.82) is 5.26 Å². The Kier molecular flexibility index (Phi) is 7.07. The van der Waals surface area contributed by atoms with Crippen molar-refractivity contribution in [1.82, 2.24) is 10.2 Å². The number of alkyl carbamates (subject to hydrolysis) is 1. The number of hydrogen-bond donors (Lipinski definition) is 1. The van der Waals surface area contributed by atoms with Gasteiger partial charge in [-0.05, 0) is 30.0 Å². The Balaban J connectivity index is 2.76. The molecule has 2 amide bonds. The Labute approximate surface area is 137 Å². The smallest absolute Gasteiger partial charge is 0.407 e. The van der Waals surface area contributed by atoms with Crippen molar-refractivity contribution >= 4 is 12.0 Å². The molecule has 0 saturated carbocycles. The highest BCUT2D eigenvalue weighted by atomic mass is 16.5. The predicted octanol–water partition coefficient (Wildman–Crippen LogP) is 2.29. The summed E-state index contributed by atoms with van der Waals surface area (Å²) in [6.07, 6.45) is -0.0816. The van der Waals surface area contributed by atoms with Crippen molar-refractivity contribution in [3.8, 4) is 6.07 Å². The van der Waals surface area contributed by atoms with Gasteiger partial charge in [-0.2, -0.15) is 5.26 Å². The summed E-state index contributed by atoms with van der Waals surface area (Å²) in [6, 6.07) is 8.49. The molecule has 1 aromatic carbocycles. The highest BCUT2D eigenvalue weighted by Gasteiger charge is 2.25. The number of nitriles is 1. The van der Waals surface area contributed by atoms with Crippen molar-refractivity contribution in [2.75, 3.05) is 14.2 Å². The van der Waals surface area contributed by atoms with Gasteiger partial charge in [0.05, 0.1) is 18.7 Å². The maximum absolute atomic E-state index is 12.6. The molecule has 0 unspecified atom stereocenters. The third kappa shape index (κ3) is 5.99. The van der Waals surface area contributed by atoms with Gasteiger partial charge in [-0.15, -0.1) is 0 Å². The summed E-state index contributed by atoms with van der Waals surface area (Å²) in [5, 5.41) is 11.4. The molecule has 0 spiro atoms. The van der Waals surface area contributed by atoms with Gasteiger partial charge in [0, 0.05) is 13.6 Å². The van der Waals surface area contributed by atoms with Gasteiger partial charge in [0.25, 0.3) is 0 Å². The van der Waals surface area contributed by atoms with Gasteiger partial charge < -0.3 is 15.0 Å². The molecular weight excluding hydrogens is 294 g/mol. The van der Waals surface area contributed by atoms with E-state index in [1.165, 1.54) is 7.11 Å². The molecule has 0 aliphatic rings. The number of amides is 2. The van der Waals surface area contributed by atoms with Crippen molar-refractivity contribution in [2.45, 2.75) is 32.9 Å². The highest BCUT2D eigenvalue weighted by Crippen LogP contribution is 2.11. The highest BCUT2D eigenvalue weighted by molar-refractivity contribution is 5.85. The number of nitrogens with one attached hydrogen (secondary N) is 1. The molecule has 1 aromatic rings. The fourth-order valence-electron chi connectivity index (χ4n) is 2.20. The van der Waals surface area contributed by atoms with Gasteiger partial charge in [-0.3, -0.25) is 4.79 Å². The third-order valence-corrected chi connectivity index (χ3v) is 3.36. The zero-order chi connectivity index (χ0) is 17.4. The van der Waals surface area contributed by atoms with Gasteiger partial charge in [0.2, 0.25) is 5.91 Å². The molecule has 23 heavy (non-hydrogen) atoms. The van der Waals surface area contributed by atoms with E-state index in [1.54, 1.807) is 24.1 Å². The van der Waals surface area contributed by atoms with E-state index in [0.717, 1.165) is 5.56 Å². The first-order valence-corrected chi connectivity index (χ1v) is 7.45. The number of carbonyl (C=O) groups excluding carboxylic acids is 2. The first kappa shape index (κ1) is 18.5. The molecule has 0 saturated heterocycles. The minimum absolute atomic E-state index is 0.173. The van der Waals surface area contributed by atoms with E-state index in [-0.39, 0.29) is 11.8 Å². The molecule has 0 aliphatic carbocycles. The molecule has 1 rings (SSSR count). The van der Waals surface area contributed by atoms with Crippen LogP contribution in [0.5, 0.6) is 0 Å². The van der Waals surface area contributed by atoms with Crippen LogP contribution in [0.15, 0.2) is 24.3 Å². The van der Waals surface area contributed by atoms with Crippen molar-refractivity contribution in [2.24, 2.45) is 5.92 Å². The minimum Gasteiger partial charge on any atom is -0.453 e. The van der Waals surface area contributed by atoms with E-state index >= 15 is 0 Å². The maximum atomic E-state index is 12.6. The Bertz CT molecular complexity index is 576. The van der Waals surface area contributed by atoms with Crippen LogP contribution in [0.1, 0.15) is 31.4 Å². The second kappa shape index (κ2) is 8.79. The number of carbonyl (C=O) groups is 2. The van der Waals surface area contributed by atoms with Crippen LogP contribution >= 0.6 is 0 Å². The molecule has 0 bridgehead atoms. The molecule has 6 nitrogen and oxygen atoms in total. The van der Waals surface area contributed by atoms with Crippen LogP contribution in [-0.4, -0.2) is 37.1 Å². The average molecular weight is 317 g/mol. The maximum Gasteiger partial charge on any atom is 0.407 e. The van der Waals surface area contributed by atoms with Gasteiger partial charge >= 0.3 is 6.09 Å². The minimum atomic E-state index is -0.620. The van der Waals surface area contributed by atoms with Gasteiger partial charge in [0.15, 0.2) is 0 Å². The molecule has 0 heterocycles. The molecule has 124 valence electrons. The SMILES string of the molecule is COC(=O)N[C@H](CC(C)C)C(=O)N(C)Cc1ccc(C#N)cc1. The largest absolute Gasteiger partial charge is 0.453 e. The first-order chi connectivity index (χ1) is 10.9. The number of ether oxygens (including phenoxy) is 1. The summed E-state index contributed by atoms with van der Waals surface area (Å²) in [5.41, 5.74) is 1.49. The number of rotatable bonds is 6. The van der Waals surface area contributed by atoms with E-state index in [2.05, 4.69) is 16.1 Å². The number of benzene rings is 1. The summed E-state index contributed by atoms with van der Waals surface area (Å²) in [6.45, 7) is 4.38. The van der Waals surface area contributed by atoms with E-state index in [4.69, 9.17) is 5.26 Å². The van der Waals surface area contributed by atoms with E-state index < -0.39 is 12.1 Å². The van der Waals surface area contributed by atoms with Crippen molar-refractivity contribution < 1.29 is 14.3 Å². The van der Waals surface area contributed by atoms with Gasteiger partial charge in [-0.1, -0.05) is 26.0 Å². The molecule has 0 fully saturated rings. The second-order valence-corrected chi connectivity index (χ2v) is 5.82. The van der Waals surface area contributed by atoms with Crippen LogP contribution in [0.4, 0.5) is 4.79 Å². The van der Waals surface area contributed by atoms with E-state index in [1.807, 2.05) is 26.0 Å². The topological polar surface area (TPSA) is 82.4 Å². The fraction of sp³-hybridized carbons (Fsp3) is 0.471. The molecule has 0 aliphatic heterocycles. The first-order valence-electron chi connectivity index (χ1n) is 7.45. The number of likely N-dealkylation sites (N-methyl/N-ethyl adjacent to an activating group) is 1. The zero-order valence-electron chi connectivity index (χ0n) is 14.0. The van der Waals surface area contributed by atoms with E-state index in [0.29, 0.717) is 18.5 Å². The van der Waals surface area contributed by atoms with Crippen LogP contribution in [0, 0.1) is 17.2 Å². The third-order valence-electron chi connectivity index (χ3n) is 3.36. The lowest BCUT2D eigenvalue weighted by atomic mass is 10.0. The molecule has 0 radical (unpaired) electrons. The van der Waals surface area contributed by atoms with Crippen molar-refractivity contribution in [3.63, 3.8) is 0 Å². The monoisotopic (exact) mass is 317 g/mol. The molecule has 6 heteroatoms. The standard InChI is InChI=1S/C17H23N3O3/c1-12(2)9-15(19-17(22)23-4)16(21)20(3)11-14-7-5-13(10-18)6-8-14/h5-8,12,15H,9,11H2,1-4H3,(H,19,22)/t15-/m1/s1. The number of nitrogens with zero attached hydrogens (tertiary/aromatic N) is 2. The quantitative estimate of drug-likeness (QED) is 0.872. The van der Waals surface area contributed by atoms with Crippen LogP contribution in [-0.2, 0) is 16.1 Å². The second-order valence-electron chi connectivity index (χ2n) is 5.82. The van der Waals surface area contributed by atoms with Crippen LogP contribution in [0.3, 0.4) is 0 Å². The molecule has 1 atom stereocenters. The van der Waals surface area contributed by atoms with Crippen LogP contribution in [0.25, 0.3) is 0 Å². The Morgan fingerprint density at radius 1 is 1.30 bits per heavy atom. The summed E-state index contributed by atoms with van der Waals surface area (Å²) in [7, 11) is 2.96. The Morgan fingerprint density at radius 3 is 2.39 bits per heavy atom. The molecule has 0 aromatic heterocycles. The zero-order valence-corrected chi connectivity index (χ0v) is 14.0. The number of hydrogen-bond acceptors (Lipinski definition) is 4. The molecular formula is C17H23N3O3. The average Bonchev–Trinajstić information content (AvgIpc) is 2.53. The summed E-state index contributed by atoms with van der Waals surface area (Å²) < 4.78 is 4.58. The van der Waals surface area contributed by atoms with Crippen LogP contribution in [0.2, 0.25) is 0 Å². The van der Waals surface area contributed by atoms with Gasteiger partial charge in [-0.25, -0.2) is 4.79 Å². The lowest BCUT2D eigenvalue weighted by Crippen LogP contribution is -2.47. The predicted molar refractivity (Wildman–Crippen MR) is 86.4 cm³/mol. The lowest BCUT2D eigenvalue weighted by molar-refractivity contribution is -0.133. The molecule has 1 N–H and O–H groups in total. The number of methoxy groups -OCH3 is 1. The summed E-state index contributed by atoms with van der Waals surface area (Å²) >= 11 is 0. The van der Waals surface area contributed by atoms with Gasteiger partial charge in [0.1, 0.15) is 6.04 Å². The van der Waals surface area contributed by atoms with Crippen molar-refractivity contribution in [3.05, 3.63) is 35.4 Å². The normalized spacial score (nSPS) is 11.5. The lowest BCUT2D eigenvalue weighted by Gasteiger charge is -2.25. The Hall–Kier alpha value is -2.55. The Morgan fingerprint density at radius 2 is 1.91 bits per heavy atom. The van der Waals surface area contributed by atoms with E-state index in [9.17, 15) is 9.59 Å². The summed E-state index contributed by atoms with van der Waals surface area (Å²) in [4.78, 5) is 25.5. The summed E-state index contributed by atoms with van der Waals surface area (Å²) in [5.74, 6) is 0.0814. The van der Waals surface area contributed by atoms with Crippen LogP contribution < -0.4 is 5.32 Å². The fourth-order valence-corrected chi connectivity index (χ4v) is 2.20.